The third kappa shape index (κ3) is 4.63. The molecule has 0 atom stereocenters. The fourth-order valence-corrected chi connectivity index (χ4v) is 2.10. The minimum atomic E-state index is -0.768. The minimum absolute atomic E-state index is 0.0739. The lowest BCUT2D eigenvalue weighted by molar-refractivity contribution is -0.141. The molecule has 0 spiro atoms. The second-order valence-electron chi connectivity index (χ2n) is 5.13. The highest BCUT2D eigenvalue weighted by Gasteiger charge is 2.23. The number of rotatable bonds is 5. The van der Waals surface area contributed by atoms with Crippen LogP contribution in [0.5, 0.6) is 0 Å². The number of hydrogen-bond acceptors (Lipinski definition) is 7. The first-order chi connectivity index (χ1) is 11.9. The number of amides is 2. The molecule has 9 heteroatoms. The van der Waals surface area contributed by atoms with Crippen LogP contribution in [0.15, 0.2) is 29.4 Å². The number of benzene rings is 1. The molecule has 2 amide bonds. The number of anilines is 1. The SMILES string of the molecule is COC(=O)c1ccccc1NC(=O)COC(=O)C1=NN(C)C(=O)CC1. The van der Waals surface area contributed by atoms with Crippen LogP contribution in [0.3, 0.4) is 0 Å². The van der Waals surface area contributed by atoms with Crippen molar-refractivity contribution in [2.24, 2.45) is 5.10 Å². The first kappa shape index (κ1) is 18.1. The number of methoxy groups -OCH3 is 1. The second-order valence-corrected chi connectivity index (χ2v) is 5.13. The topological polar surface area (TPSA) is 114 Å². The van der Waals surface area contributed by atoms with Gasteiger partial charge in [0.15, 0.2) is 6.61 Å². The van der Waals surface area contributed by atoms with Crippen LogP contribution in [0, 0.1) is 0 Å². The van der Waals surface area contributed by atoms with Crippen LogP contribution >= 0.6 is 0 Å². The summed E-state index contributed by atoms with van der Waals surface area (Å²) in [6.45, 7) is -0.551. The van der Waals surface area contributed by atoms with Gasteiger partial charge in [0.05, 0.1) is 18.4 Å². The zero-order valence-electron chi connectivity index (χ0n) is 13.8. The summed E-state index contributed by atoms with van der Waals surface area (Å²) in [5.41, 5.74) is 0.502. The summed E-state index contributed by atoms with van der Waals surface area (Å²) < 4.78 is 9.52. The first-order valence-electron chi connectivity index (χ1n) is 7.40. The van der Waals surface area contributed by atoms with Crippen LogP contribution in [0.25, 0.3) is 0 Å². The van der Waals surface area contributed by atoms with Gasteiger partial charge >= 0.3 is 11.9 Å². The molecule has 0 aliphatic carbocycles. The average molecular weight is 347 g/mol. The van der Waals surface area contributed by atoms with Crippen LogP contribution in [-0.4, -0.2) is 55.2 Å². The highest BCUT2D eigenvalue weighted by Crippen LogP contribution is 2.16. The average Bonchev–Trinajstić information content (AvgIpc) is 2.61. The van der Waals surface area contributed by atoms with E-state index in [2.05, 4.69) is 15.2 Å². The molecule has 0 fully saturated rings. The van der Waals surface area contributed by atoms with Crippen molar-refractivity contribution < 1.29 is 28.7 Å². The molecule has 2 rings (SSSR count). The van der Waals surface area contributed by atoms with Crippen molar-refractivity contribution in [3.05, 3.63) is 29.8 Å². The van der Waals surface area contributed by atoms with Crippen LogP contribution in [0.4, 0.5) is 5.69 Å². The normalized spacial score (nSPS) is 13.8. The van der Waals surface area contributed by atoms with E-state index in [1.165, 1.54) is 26.3 Å². The number of nitrogens with one attached hydrogen (secondary N) is 1. The quantitative estimate of drug-likeness (QED) is 0.779. The van der Waals surface area contributed by atoms with Gasteiger partial charge in [0.1, 0.15) is 5.71 Å². The molecule has 0 bridgehead atoms. The summed E-state index contributed by atoms with van der Waals surface area (Å²) in [6.07, 6.45) is 0.317. The third-order valence-electron chi connectivity index (χ3n) is 3.38. The van der Waals surface area contributed by atoms with Crippen molar-refractivity contribution in [2.45, 2.75) is 12.8 Å². The molecule has 0 saturated carbocycles. The van der Waals surface area contributed by atoms with E-state index >= 15 is 0 Å². The lowest BCUT2D eigenvalue weighted by atomic mass is 10.2. The van der Waals surface area contributed by atoms with E-state index in [1.807, 2.05) is 0 Å². The Labute approximate surface area is 143 Å². The maximum atomic E-state index is 11.9. The van der Waals surface area contributed by atoms with Gasteiger partial charge in [-0.1, -0.05) is 12.1 Å². The van der Waals surface area contributed by atoms with Crippen LogP contribution < -0.4 is 5.32 Å². The first-order valence-corrected chi connectivity index (χ1v) is 7.40. The Bertz CT molecular complexity index is 743. The standard InChI is InChI=1S/C16H17N3O6/c1-19-14(21)8-7-12(18-19)16(23)25-9-13(20)17-11-6-4-3-5-10(11)15(22)24-2/h3-6H,7-9H2,1-2H3,(H,17,20). The number of para-hydroxylation sites is 1. The molecule has 1 aliphatic heterocycles. The minimum Gasteiger partial charge on any atom is -0.465 e. The molecule has 0 unspecified atom stereocenters. The molecular formula is C16H17N3O6. The van der Waals surface area contributed by atoms with Gasteiger partial charge in [-0.3, -0.25) is 9.59 Å². The zero-order chi connectivity index (χ0) is 18.4. The number of hydrogen-bond donors (Lipinski definition) is 1. The summed E-state index contributed by atoms with van der Waals surface area (Å²) in [6, 6.07) is 6.29. The molecule has 9 nitrogen and oxygen atoms in total. The molecule has 0 aromatic heterocycles. The molecule has 1 aliphatic rings. The van der Waals surface area contributed by atoms with Gasteiger partial charge in [-0.05, 0) is 12.1 Å². The van der Waals surface area contributed by atoms with E-state index < -0.39 is 24.5 Å². The Hall–Kier alpha value is -3.23. The van der Waals surface area contributed by atoms with E-state index in [4.69, 9.17) is 4.74 Å². The van der Waals surface area contributed by atoms with Crippen molar-refractivity contribution in [2.75, 3.05) is 26.1 Å². The number of hydrazone groups is 1. The maximum Gasteiger partial charge on any atom is 0.355 e. The van der Waals surface area contributed by atoms with E-state index in [-0.39, 0.29) is 35.7 Å². The van der Waals surface area contributed by atoms with Crippen LogP contribution in [-0.2, 0) is 23.9 Å². The Balaban J connectivity index is 1.93. The van der Waals surface area contributed by atoms with Gasteiger partial charge in [-0.2, -0.15) is 5.10 Å². The number of ether oxygens (including phenoxy) is 2. The summed E-state index contributed by atoms with van der Waals surface area (Å²) >= 11 is 0. The molecule has 1 aromatic carbocycles. The summed E-state index contributed by atoms with van der Waals surface area (Å²) in [5.74, 6) is -2.19. The summed E-state index contributed by atoms with van der Waals surface area (Å²) in [5, 5.41) is 7.35. The molecule has 1 aromatic rings. The van der Waals surface area contributed by atoms with Crippen LogP contribution in [0.2, 0.25) is 0 Å². The number of nitrogens with zero attached hydrogens (tertiary/aromatic N) is 2. The number of esters is 2. The van der Waals surface area contributed by atoms with Gasteiger partial charge in [0.2, 0.25) is 5.91 Å². The predicted molar refractivity (Wildman–Crippen MR) is 86.8 cm³/mol. The lowest BCUT2D eigenvalue weighted by Gasteiger charge is -2.18. The van der Waals surface area contributed by atoms with Crippen molar-refractivity contribution in [1.82, 2.24) is 5.01 Å². The van der Waals surface area contributed by atoms with Gasteiger partial charge in [0, 0.05) is 19.9 Å². The Morgan fingerprint density at radius 3 is 2.60 bits per heavy atom. The largest absolute Gasteiger partial charge is 0.465 e. The molecule has 25 heavy (non-hydrogen) atoms. The maximum absolute atomic E-state index is 11.9. The van der Waals surface area contributed by atoms with E-state index in [0.29, 0.717) is 0 Å². The number of carbonyl (C=O) groups is 4. The molecule has 1 heterocycles. The van der Waals surface area contributed by atoms with Crippen molar-refractivity contribution >= 4 is 35.2 Å². The fourth-order valence-electron chi connectivity index (χ4n) is 2.10. The Kier molecular flexibility index (Phi) is 5.83. The smallest absolute Gasteiger partial charge is 0.355 e. The van der Waals surface area contributed by atoms with Gasteiger partial charge in [-0.15, -0.1) is 0 Å². The van der Waals surface area contributed by atoms with E-state index in [1.54, 1.807) is 12.1 Å². The third-order valence-corrected chi connectivity index (χ3v) is 3.38. The Morgan fingerprint density at radius 1 is 1.20 bits per heavy atom. The fraction of sp³-hybridized carbons (Fsp3) is 0.312. The lowest BCUT2D eigenvalue weighted by Crippen LogP contribution is -2.33. The van der Waals surface area contributed by atoms with Crippen molar-refractivity contribution in [1.29, 1.82) is 0 Å². The van der Waals surface area contributed by atoms with Crippen molar-refractivity contribution in [3.8, 4) is 0 Å². The van der Waals surface area contributed by atoms with Crippen LogP contribution in [0.1, 0.15) is 23.2 Å². The van der Waals surface area contributed by atoms with Gasteiger partial charge < -0.3 is 14.8 Å². The molecule has 0 radical (unpaired) electrons. The van der Waals surface area contributed by atoms with Gasteiger partial charge in [-0.25, -0.2) is 14.6 Å². The van der Waals surface area contributed by atoms with Gasteiger partial charge in [0.25, 0.3) is 5.91 Å². The summed E-state index contributed by atoms with van der Waals surface area (Å²) in [7, 11) is 2.67. The summed E-state index contributed by atoms with van der Waals surface area (Å²) in [4.78, 5) is 46.8. The molecule has 132 valence electrons. The monoisotopic (exact) mass is 347 g/mol. The molecule has 1 N–H and O–H groups in total. The second kappa shape index (κ2) is 8.04. The highest BCUT2D eigenvalue weighted by molar-refractivity contribution is 6.37. The van der Waals surface area contributed by atoms with E-state index in [0.717, 1.165) is 5.01 Å². The highest BCUT2D eigenvalue weighted by atomic mass is 16.5. The predicted octanol–water partition coefficient (Wildman–Crippen LogP) is 0.563. The zero-order valence-corrected chi connectivity index (χ0v) is 13.8. The molecular weight excluding hydrogens is 330 g/mol. The Morgan fingerprint density at radius 2 is 1.92 bits per heavy atom. The van der Waals surface area contributed by atoms with Crippen molar-refractivity contribution in [3.63, 3.8) is 0 Å². The molecule has 0 saturated heterocycles. The number of carbonyl (C=O) groups excluding carboxylic acids is 4. The van der Waals surface area contributed by atoms with E-state index in [9.17, 15) is 19.2 Å².